The third-order valence-electron chi connectivity index (χ3n) is 6.44. The molecule has 0 rings (SSSR count). The normalized spacial score (nSPS) is 12.7. The van der Waals surface area contributed by atoms with Crippen LogP contribution in [0.15, 0.2) is 11.6 Å². The Labute approximate surface area is 205 Å². The van der Waals surface area contributed by atoms with Crippen LogP contribution in [-0.2, 0) is 19.1 Å². The van der Waals surface area contributed by atoms with Crippen LogP contribution >= 0.6 is 0 Å². The average Bonchev–Trinajstić information content (AvgIpc) is 2.81. The molecular weight excluding hydrogens is 412 g/mol. The van der Waals surface area contributed by atoms with Gasteiger partial charge in [0.05, 0.1) is 0 Å². The van der Waals surface area contributed by atoms with E-state index in [-0.39, 0.29) is 18.7 Å². The van der Waals surface area contributed by atoms with Crippen LogP contribution in [0, 0.1) is 11.8 Å². The van der Waals surface area contributed by atoms with Crippen molar-refractivity contribution in [3.8, 4) is 0 Å². The molecule has 4 nitrogen and oxygen atoms in total. The summed E-state index contributed by atoms with van der Waals surface area (Å²) in [5, 5.41) is 0. The van der Waals surface area contributed by atoms with Crippen molar-refractivity contribution in [1.29, 1.82) is 0 Å². The minimum atomic E-state index is -0.321. The molecule has 0 bridgehead atoms. The van der Waals surface area contributed by atoms with Crippen LogP contribution in [0.2, 0.25) is 0 Å². The fraction of sp³-hybridized carbons (Fsp3) is 0.862. The van der Waals surface area contributed by atoms with Crippen molar-refractivity contribution >= 4 is 11.9 Å². The van der Waals surface area contributed by atoms with E-state index in [9.17, 15) is 9.59 Å². The molecule has 0 aliphatic rings. The van der Waals surface area contributed by atoms with E-state index in [0.29, 0.717) is 24.7 Å². The molecule has 0 N–H and O–H groups in total. The second-order valence-electron chi connectivity index (χ2n) is 9.52. The summed E-state index contributed by atoms with van der Waals surface area (Å²) >= 11 is 0. The summed E-state index contributed by atoms with van der Waals surface area (Å²) in [4.78, 5) is 24.7. The molecule has 33 heavy (non-hydrogen) atoms. The maximum atomic E-state index is 12.8. The van der Waals surface area contributed by atoms with Crippen molar-refractivity contribution in [2.24, 2.45) is 11.8 Å². The van der Waals surface area contributed by atoms with Crippen LogP contribution in [0.4, 0.5) is 0 Å². The van der Waals surface area contributed by atoms with Crippen molar-refractivity contribution in [1.82, 2.24) is 0 Å². The van der Waals surface area contributed by atoms with Gasteiger partial charge >= 0.3 is 11.9 Å². The minimum Gasteiger partial charge on any atom is -0.428 e. The SMILES string of the molecule is CCCCCCCC(=O)OCOC(=O)C(=CC(CCCC)C(CCCC)CCCC)CCC. The van der Waals surface area contributed by atoms with Crippen molar-refractivity contribution < 1.29 is 19.1 Å². The average molecular weight is 467 g/mol. The van der Waals surface area contributed by atoms with Gasteiger partial charge in [-0.25, -0.2) is 4.79 Å². The molecule has 0 aliphatic carbocycles. The van der Waals surface area contributed by atoms with Gasteiger partial charge in [-0.2, -0.15) is 0 Å². The van der Waals surface area contributed by atoms with Gasteiger partial charge in [-0.1, -0.05) is 111 Å². The van der Waals surface area contributed by atoms with E-state index >= 15 is 0 Å². The van der Waals surface area contributed by atoms with E-state index in [1.54, 1.807) is 0 Å². The quantitative estimate of drug-likeness (QED) is 0.0691. The Bertz CT molecular complexity index is 504. The van der Waals surface area contributed by atoms with Crippen LogP contribution in [0.25, 0.3) is 0 Å². The van der Waals surface area contributed by atoms with Gasteiger partial charge in [-0.05, 0) is 43.9 Å². The fourth-order valence-electron chi connectivity index (χ4n) is 4.37. The maximum Gasteiger partial charge on any atom is 0.336 e. The first-order valence-corrected chi connectivity index (χ1v) is 14.1. The molecule has 0 aliphatic heterocycles. The van der Waals surface area contributed by atoms with Crippen LogP contribution in [0.3, 0.4) is 0 Å². The molecule has 0 amide bonds. The number of unbranched alkanes of at least 4 members (excludes halogenated alkanes) is 7. The number of esters is 2. The first-order valence-electron chi connectivity index (χ1n) is 14.1. The lowest BCUT2D eigenvalue weighted by atomic mass is 9.80. The molecule has 194 valence electrons. The number of hydrogen-bond donors (Lipinski definition) is 0. The zero-order chi connectivity index (χ0) is 24.7. The number of rotatable bonds is 22. The molecule has 0 radical (unpaired) electrons. The minimum absolute atomic E-state index is 0.275. The molecule has 0 aromatic rings. The lowest BCUT2D eigenvalue weighted by molar-refractivity contribution is -0.164. The van der Waals surface area contributed by atoms with Gasteiger partial charge in [-0.15, -0.1) is 0 Å². The Kier molecular flexibility index (Phi) is 21.6. The third-order valence-corrected chi connectivity index (χ3v) is 6.44. The van der Waals surface area contributed by atoms with Gasteiger partial charge in [-0.3, -0.25) is 4.79 Å². The summed E-state index contributed by atoms with van der Waals surface area (Å²) in [6.07, 6.45) is 20.5. The van der Waals surface area contributed by atoms with Crippen molar-refractivity contribution in [3.05, 3.63) is 11.6 Å². The summed E-state index contributed by atoms with van der Waals surface area (Å²) in [7, 11) is 0. The Morgan fingerprint density at radius 1 is 0.636 bits per heavy atom. The second-order valence-corrected chi connectivity index (χ2v) is 9.52. The van der Waals surface area contributed by atoms with Crippen molar-refractivity contribution in [2.75, 3.05) is 6.79 Å². The summed E-state index contributed by atoms with van der Waals surface area (Å²) < 4.78 is 10.5. The summed E-state index contributed by atoms with van der Waals surface area (Å²) in [6, 6.07) is 0. The fourth-order valence-corrected chi connectivity index (χ4v) is 4.37. The Hall–Kier alpha value is -1.32. The highest BCUT2D eigenvalue weighted by Gasteiger charge is 2.22. The topological polar surface area (TPSA) is 52.6 Å². The molecule has 0 saturated heterocycles. The van der Waals surface area contributed by atoms with E-state index in [1.165, 1.54) is 64.2 Å². The number of allylic oxidation sites excluding steroid dienone is 1. The monoisotopic (exact) mass is 466 g/mol. The smallest absolute Gasteiger partial charge is 0.336 e. The maximum absolute atomic E-state index is 12.8. The molecule has 0 spiro atoms. The van der Waals surface area contributed by atoms with Crippen LogP contribution < -0.4 is 0 Å². The number of hydrogen-bond acceptors (Lipinski definition) is 4. The highest BCUT2D eigenvalue weighted by Crippen LogP contribution is 2.31. The lowest BCUT2D eigenvalue weighted by Gasteiger charge is -2.26. The lowest BCUT2D eigenvalue weighted by Crippen LogP contribution is -2.18. The van der Waals surface area contributed by atoms with E-state index in [1.807, 2.05) is 0 Å². The van der Waals surface area contributed by atoms with Crippen molar-refractivity contribution in [3.63, 3.8) is 0 Å². The first-order chi connectivity index (χ1) is 16.0. The Morgan fingerprint density at radius 3 is 1.79 bits per heavy atom. The van der Waals surface area contributed by atoms with Crippen LogP contribution in [-0.4, -0.2) is 18.7 Å². The zero-order valence-corrected chi connectivity index (χ0v) is 22.6. The molecule has 0 aromatic heterocycles. The third kappa shape index (κ3) is 16.9. The Balaban J connectivity index is 4.98. The van der Waals surface area contributed by atoms with E-state index in [0.717, 1.165) is 37.7 Å². The van der Waals surface area contributed by atoms with Gasteiger partial charge in [0.1, 0.15) is 0 Å². The van der Waals surface area contributed by atoms with Crippen LogP contribution in [0.5, 0.6) is 0 Å². The summed E-state index contributed by atoms with van der Waals surface area (Å²) in [5.74, 6) is 0.448. The standard InChI is InChI=1S/C29H54O4/c1-6-11-15-16-17-22-28(30)32-24-33-29(31)27(18-10-5)23-26(21-14-9-4)25(19-12-7-2)20-13-8-3/h23,25-26H,6-22,24H2,1-5H3. The highest BCUT2D eigenvalue weighted by atomic mass is 16.7. The van der Waals surface area contributed by atoms with Crippen LogP contribution in [0.1, 0.15) is 144 Å². The number of carbonyl (C=O) groups excluding carboxylic acids is 2. The molecule has 0 fully saturated rings. The van der Waals surface area contributed by atoms with Gasteiger partial charge in [0, 0.05) is 12.0 Å². The second kappa shape index (κ2) is 22.5. The zero-order valence-electron chi connectivity index (χ0n) is 22.6. The van der Waals surface area contributed by atoms with E-state index in [2.05, 4.69) is 40.7 Å². The van der Waals surface area contributed by atoms with Gasteiger partial charge in [0.2, 0.25) is 6.79 Å². The van der Waals surface area contributed by atoms with Gasteiger partial charge < -0.3 is 9.47 Å². The van der Waals surface area contributed by atoms with Gasteiger partial charge in [0.15, 0.2) is 0 Å². The van der Waals surface area contributed by atoms with E-state index < -0.39 is 0 Å². The largest absolute Gasteiger partial charge is 0.428 e. The molecular formula is C29H54O4. The van der Waals surface area contributed by atoms with Crippen molar-refractivity contribution in [2.45, 2.75) is 144 Å². The number of ether oxygens (including phenoxy) is 2. The molecule has 4 heteroatoms. The molecule has 1 unspecified atom stereocenters. The van der Waals surface area contributed by atoms with E-state index in [4.69, 9.17) is 9.47 Å². The highest BCUT2D eigenvalue weighted by molar-refractivity contribution is 5.88. The predicted molar refractivity (Wildman–Crippen MR) is 139 cm³/mol. The molecule has 0 aromatic carbocycles. The first kappa shape index (κ1) is 31.7. The molecule has 0 saturated carbocycles. The molecule has 1 atom stereocenters. The van der Waals surface area contributed by atoms with Gasteiger partial charge in [0.25, 0.3) is 0 Å². The summed E-state index contributed by atoms with van der Waals surface area (Å²) in [5.41, 5.74) is 0.757. The predicted octanol–water partition coefficient (Wildman–Crippen LogP) is 8.92. The molecule has 0 heterocycles. The summed E-state index contributed by atoms with van der Waals surface area (Å²) in [6.45, 7) is 10.7. The number of carbonyl (C=O) groups is 2. The Morgan fingerprint density at radius 2 is 1.21 bits per heavy atom.